The SMILES string of the molecule is CCCC(N)C(=O)Nc1ccc(-c2nc3cc(F)ccc3n2C)cc1C.Cl.Cl. The maximum atomic E-state index is 13.4. The number of anilines is 1. The predicted molar refractivity (Wildman–Crippen MR) is 117 cm³/mol. The molecular formula is C20H25Cl2FN4O. The molecule has 0 aliphatic rings. The molecule has 0 radical (unpaired) electrons. The van der Waals surface area contributed by atoms with Gasteiger partial charge in [-0.15, -0.1) is 24.8 Å². The van der Waals surface area contributed by atoms with E-state index in [4.69, 9.17) is 5.73 Å². The van der Waals surface area contributed by atoms with Gasteiger partial charge in [-0.05, 0) is 49.2 Å². The largest absolute Gasteiger partial charge is 0.327 e. The van der Waals surface area contributed by atoms with Crippen LogP contribution in [0, 0.1) is 12.7 Å². The Balaban J connectivity index is 0.00000196. The molecule has 5 nitrogen and oxygen atoms in total. The van der Waals surface area contributed by atoms with Crippen LogP contribution in [-0.2, 0) is 11.8 Å². The number of nitrogens with one attached hydrogen (secondary N) is 1. The summed E-state index contributed by atoms with van der Waals surface area (Å²) in [6, 6.07) is 9.77. The van der Waals surface area contributed by atoms with Crippen LogP contribution in [0.25, 0.3) is 22.4 Å². The minimum Gasteiger partial charge on any atom is -0.327 e. The van der Waals surface area contributed by atoms with Crippen LogP contribution in [0.4, 0.5) is 10.1 Å². The second-order valence-electron chi connectivity index (χ2n) is 6.54. The fourth-order valence-electron chi connectivity index (χ4n) is 3.04. The van der Waals surface area contributed by atoms with E-state index in [2.05, 4.69) is 10.3 Å². The molecule has 0 saturated carbocycles. The third-order valence-electron chi connectivity index (χ3n) is 4.52. The third-order valence-corrected chi connectivity index (χ3v) is 4.52. The third kappa shape index (κ3) is 4.82. The Morgan fingerprint density at radius 1 is 1.25 bits per heavy atom. The maximum absolute atomic E-state index is 13.4. The lowest BCUT2D eigenvalue weighted by molar-refractivity contribution is -0.117. The molecule has 0 saturated heterocycles. The number of hydrogen-bond donors (Lipinski definition) is 2. The molecule has 2 aromatic carbocycles. The van der Waals surface area contributed by atoms with Crippen LogP contribution in [0.5, 0.6) is 0 Å². The number of nitrogens with zero attached hydrogens (tertiary/aromatic N) is 2. The van der Waals surface area contributed by atoms with Crippen molar-refractivity contribution in [2.75, 3.05) is 5.32 Å². The Kier molecular flexibility index (Phi) is 8.42. The summed E-state index contributed by atoms with van der Waals surface area (Å²) < 4.78 is 15.4. The van der Waals surface area contributed by atoms with Gasteiger partial charge < -0.3 is 15.6 Å². The van der Waals surface area contributed by atoms with Gasteiger partial charge in [0.25, 0.3) is 0 Å². The first-order valence-corrected chi connectivity index (χ1v) is 8.70. The summed E-state index contributed by atoms with van der Waals surface area (Å²) in [5.41, 5.74) is 9.89. The monoisotopic (exact) mass is 426 g/mol. The summed E-state index contributed by atoms with van der Waals surface area (Å²) in [6.45, 7) is 3.92. The zero-order valence-corrected chi connectivity index (χ0v) is 17.7. The van der Waals surface area contributed by atoms with Crippen molar-refractivity contribution in [3.8, 4) is 11.4 Å². The number of rotatable bonds is 5. The number of benzene rings is 2. The van der Waals surface area contributed by atoms with Crippen molar-refractivity contribution in [2.24, 2.45) is 12.8 Å². The van der Waals surface area contributed by atoms with Crippen LogP contribution in [0.2, 0.25) is 0 Å². The smallest absolute Gasteiger partial charge is 0.241 e. The maximum Gasteiger partial charge on any atom is 0.241 e. The molecule has 0 fully saturated rings. The van der Waals surface area contributed by atoms with Gasteiger partial charge in [0.05, 0.1) is 17.1 Å². The average molecular weight is 427 g/mol. The standard InChI is InChI=1S/C20H23FN4O.2ClH/c1-4-5-15(22)20(26)24-16-8-6-13(10-12(16)2)19-23-17-11-14(21)7-9-18(17)25(19)3;;/h6-11,15H,4-5,22H2,1-3H3,(H,24,26);2*1H. The van der Waals surface area contributed by atoms with E-state index in [9.17, 15) is 9.18 Å². The Morgan fingerprint density at radius 3 is 2.61 bits per heavy atom. The molecule has 3 N–H and O–H groups in total. The van der Waals surface area contributed by atoms with Crippen molar-refractivity contribution in [2.45, 2.75) is 32.7 Å². The van der Waals surface area contributed by atoms with Crippen LogP contribution in [0.15, 0.2) is 36.4 Å². The number of amides is 1. The second-order valence-corrected chi connectivity index (χ2v) is 6.54. The Labute approximate surface area is 176 Å². The first kappa shape index (κ1) is 23.9. The van der Waals surface area contributed by atoms with Crippen LogP contribution in [0.1, 0.15) is 25.3 Å². The van der Waals surface area contributed by atoms with Crippen molar-refractivity contribution >= 4 is 47.4 Å². The quantitative estimate of drug-likeness (QED) is 0.625. The Bertz CT molecular complexity index is 974. The normalized spacial score (nSPS) is 11.5. The van der Waals surface area contributed by atoms with Gasteiger partial charge in [0.2, 0.25) is 5.91 Å². The van der Waals surface area contributed by atoms with Gasteiger partial charge in [-0.2, -0.15) is 0 Å². The van der Waals surface area contributed by atoms with Gasteiger partial charge in [-0.1, -0.05) is 13.3 Å². The summed E-state index contributed by atoms with van der Waals surface area (Å²) in [5, 5.41) is 2.88. The zero-order chi connectivity index (χ0) is 18.8. The lowest BCUT2D eigenvalue weighted by Crippen LogP contribution is -2.35. The topological polar surface area (TPSA) is 72.9 Å². The van der Waals surface area contributed by atoms with Crippen LogP contribution in [-0.4, -0.2) is 21.5 Å². The lowest BCUT2D eigenvalue weighted by Gasteiger charge is -2.14. The van der Waals surface area contributed by atoms with Crippen molar-refractivity contribution in [3.05, 3.63) is 47.8 Å². The summed E-state index contributed by atoms with van der Waals surface area (Å²) in [4.78, 5) is 16.7. The minimum absolute atomic E-state index is 0. The minimum atomic E-state index is -0.506. The van der Waals surface area contributed by atoms with Gasteiger partial charge in [0.15, 0.2) is 0 Å². The highest BCUT2D eigenvalue weighted by molar-refractivity contribution is 5.95. The second kappa shape index (κ2) is 9.87. The molecule has 0 aliphatic heterocycles. The van der Waals surface area contributed by atoms with E-state index in [1.54, 1.807) is 6.07 Å². The molecule has 1 heterocycles. The molecule has 152 valence electrons. The highest BCUT2D eigenvalue weighted by atomic mass is 35.5. The van der Waals surface area contributed by atoms with Crippen molar-refractivity contribution in [1.82, 2.24) is 9.55 Å². The van der Waals surface area contributed by atoms with Crippen molar-refractivity contribution < 1.29 is 9.18 Å². The molecule has 3 rings (SSSR count). The van der Waals surface area contributed by atoms with Gasteiger partial charge in [0, 0.05) is 24.4 Å². The summed E-state index contributed by atoms with van der Waals surface area (Å²) in [7, 11) is 1.90. The van der Waals surface area contributed by atoms with E-state index >= 15 is 0 Å². The number of carbonyl (C=O) groups is 1. The molecule has 1 unspecified atom stereocenters. The summed E-state index contributed by atoms with van der Waals surface area (Å²) >= 11 is 0. The van der Waals surface area contributed by atoms with E-state index in [1.807, 2.05) is 43.7 Å². The number of halogens is 3. The lowest BCUT2D eigenvalue weighted by atomic mass is 10.1. The van der Waals surface area contributed by atoms with Gasteiger partial charge >= 0.3 is 0 Å². The average Bonchev–Trinajstić information content (AvgIpc) is 2.92. The van der Waals surface area contributed by atoms with Crippen LogP contribution < -0.4 is 11.1 Å². The van der Waals surface area contributed by atoms with Gasteiger partial charge in [-0.3, -0.25) is 4.79 Å². The number of aryl methyl sites for hydroxylation is 2. The molecule has 0 aliphatic carbocycles. The first-order valence-electron chi connectivity index (χ1n) is 8.70. The number of carbonyl (C=O) groups excluding carboxylic acids is 1. The number of nitrogens with two attached hydrogens (primary N) is 1. The number of hydrogen-bond acceptors (Lipinski definition) is 3. The van der Waals surface area contributed by atoms with Crippen molar-refractivity contribution in [1.29, 1.82) is 0 Å². The number of fused-ring (bicyclic) bond motifs is 1. The van der Waals surface area contributed by atoms with E-state index in [0.29, 0.717) is 11.9 Å². The molecule has 1 aromatic heterocycles. The number of aromatic nitrogens is 2. The molecule has 28 heavy (non-hydrogen) atoms. The predicted octanol–water partition coefficient (Wildman–Crippen LogP) is 4.60. The fraction of sp³-hybridized carbons (Fsp3) is 0.300. The highest BCUT2D eigenvalue weighted by Gasteiger charge is 2.15. The summed E-state index contributed by atoms with van der Waals surface area (Å²) in [6.07, 6.45) is 1.51. The van der Waals surface area contributed by atoms with E-state index in [0.717, 1.165) is 34.6 Å². The molecule has 1 atom stereocenters. The Hall–Kier alpha value is -2.15. The van der Waals surface area contributed by atoms with Crippen LogP contribution >= 0.6 is 24.8 Å². The van der Waals surface area contributed by atoms with Crippen LogP contribution in [0.3, 0.4) is 0 Å². The highest BCUT2D eigenvalue weighted by Crippen LogP contribution is 2.27. The zero-order valence-electron chi connectivity index (χ0n) is 16.0. The Morgan fingerprint density at radius 2 is 1.96 bits per heavy atom. The van der Waals surface area contributed by atoms with E-state index in [1.165, 1.54) is 12.1 Å². The van der Waals surface area contributed by atoms with Gasteiger partial charge in [0.1, 0.15) is 11.6 Å². The molecule has 0 spiro atoms. The van der Waals surface area contributed by atoms with Crippen molar-refractivity contribution in [3.63, 3.8) is 0 Å². The first-order chi connectivity index (χ1) is 12.4. The van der Waals surface area contributed by atoms with E-state index < -0.39 is 6.04 Å². The summed E-state index contributed by atoms with van der Waals surface area (Å²) in [5.74, 6) is 0.259. The molecular weight excluding hydrogens is 402 g/mol. The fourth-order valence-corrected chi connectivity index (χ4v) is 3.04. The molecule has 1 amide bonds. The van der Waals surface area contributed by atoms with Gasteiger partial charge in [-0.25, -0.2) is 9.37 Å². The number of imidazole rings is 1. The molecule has 3 aromatic rings. The van der Waals surface area contributed by atoms with E-state index in [-0.39, 0.29) is 36.5 Å². The molecule has 0 bridgehead atoms. The molecule has 8 heteroatoms.